The van der Waals surface area contributed by atoms with Crippen molar-refractivity contribution < 1.29 is 9.53 Å². The Labute approximate surface area is 109 Å². The lowest BCUT2D eigenvalue weighted by Gasteiger charge is -2.28. The van der Waals surface area contributed by atoms with E-state index in [9.17, 15) is 4.79 Å². The molecule has 0 spiro atoms. The van der Waals surface area contributed by atoms with Gasteiger partial charge < -0.3 is 15.4 Å². The van der Waals surface area contributed by atoms with Crippen LogP contribution in [0.4, 0.5) is 0 Å². The SMILES string of the molecule is CC(C)N(CCC(N)=S)C(=O)COC(C)(C)C. The van der Waals surface area contributed by atoms with E-state index in [1.54, 1.807) is 4.90 Å². The van der Waals surface area contributed by atoms with E-state index in [1.165, 1.54) is 0 Å². The Bertz CT molecular complexity index is 272. The number of rotatable bonds is 6. The second kappa shape index (κ2) is 6.91. The zero-order valence-corrected chi connectivity index (χ0v) is 12.3. The van der Waals surface area contributed by atoms with Gasteiger partial charge in [0.25, 0.3) is 0 Å². The Morgan fingerprint density at radius 3 is 2.29 bits per heavy atom. The van der Waals surface area contributed by atoms with Crippen molar-refractivity contribution in [2.45, 2.75) is 52.7 Å². The summed E-state index contributed by atoms with van der Waals surface area (Å²) in [7, 11) is 0. The minimum Gasteiger partial charge on any atom is -0.393 e. The van der Waals surface area contributed by atoms with E-state index in [-0.39, 0.29) is 24.2 Å². The molecule has 0 aromatic rings. The minimum atomic E-state index is -0.304. The second-order valence-electron chi connectivity index (χ2n) is 5.30. The van der Waals surface area contributed by atoms with Gasteiger partial charge in [0, 0.05) is 19.0 Å². The maximum atomic E-state index is 12.0. The summed E-state index contributed by atoms with van der Waals surface area (Å²) in [4.78, 5) is 14.1. The number of hydrogen-bond donors (Lipinski definition) is 1. The lowest BCUT2D eigenvalue weighted by Crippen LogP contribution is -2.42. The summed E-state index contributed by atoms with van der Waals surface area (Å²) < 4.78 is 5.47. The molecule has 17 heavy (non-hydrogen) atoms. The first kappa shape index (κ1) is 16.3. The molecule has 0 saturated heterocycles. The van der Waals surface area contributed by atoms with Gasteiger partial charge in [0.1, 0.15) is 6.61 Å². The summed E-state index contributed by atoms with van der Waals surface area (Å²) in [6.07, 6.45) is 0.550. The van der Waals surface area contributed by atoms with Crippen LogP contribution in [0.15, 0.2) is 0 Å². The smallest absolute Gasteiger partial charge is 0.248 e. The molecule has 0 rings (SSSR count). The zero-order chi connectivity index (χ0) is 13.6. The van der Waals surface area contributed by atoms with Gasteiger partial charge in [-0.3, -0.25) is 4.79 Å². The van der Waals surface area contributed by atoms with Crippen molar-refractivity contribution in [3.8, 4) is 0 Å². The van der Waals surface area contributed by atoms with E-state index in [4.69, 9.17) is 22.7 Å². The highest BCUT2D eigenvalue weighted by molar-refractivity contribution is 7.80. The summed E-state index contributed by atoms with van der Waals surface area (Å²) in [6.45, 7) is 10.4. The number of amides is 1. The largest absolute Gasteiger partial charge is 0.393 e. The van der Waals surface area contributed by atoms with Gasteiger partial charge in [-0.15, -0.1) is 0 Å². The molecule has 0 aliphatic rings. The van der Waals surface area contributed by atoms with Crippen molar-refractivity contribution >= 4 is 23.1 Å². The molecule has 0 aliphatic carbocycles. The first-order chi connectivity index (χ1) is 7.63. The lowest BCUT2D eigenvalue weighted by molar-refractivity contribution is -0.142. The monoisotopic (exact) mass is 260 g/mol. The average molecular weight is 260 g/mol. The Hall–Kier alpha value is -0.680. The van der Waals surface area contributed by atoms with Gasteiger partial charge in [-0.1, -0.05) is 12.2 Å². The third-order valence-corrected chi connectivity index (χ3v) is 2.38. The van der Waals surface area contributed by atoms with Crippen molar-refractivity contribution in [3.63, 3.8) is 0 Å². The van der Waals surface area contributed by atoms with Crippen LogP contribution >= 0.6 is 12.2 Å². The van der Waals surface area contributed by atoms with Gasteiger partial charge in [-0.2, -0.15) is 0 Å². The van der Waals surface area contributed by atoms with E-state index >= 15 is 0 Å². The van der Waals surface area contributed by atoms with Crippen molar-refractivity contribution in [2.24, 2.45) is 5.73 Å². The molecule has 2 N–H and O–H groups in total. The predicted octanol–water partition coefficient (Wildman–Crippen LogP) is 1.71. The van der Waals surface area contributed by atoms with E-state index < -0.39 is 0 Å². The van der Waals surface area contributed by atoms with Crippen molar-refractivity contribution in [1.82, 2.24) is 4.90 Å². The van der Waals surface area contributed by atoms with E-state index in [1.807, 2.05) is 34.6 Å². The maximum Gasteiger partial charge on any atom is 0.248 e. The molecule has 4 nitrogen and oxygen atoms in total. The van der Waals surface area contributed by atoms with Crippen LogP contribution in [-0.2, 0) is 9.53 Å². The van der Waals surface area contributed by atoms with Crippen LogP contribution in [0.3, 0.4) is 0 Å². The molecule has 0 aromatic heterocycles. The molecule has 0 aliphatic heterocycles. The number of nitrogens with two attached hydrogens (primary N) is 1. The Kier molecular flexibility index (Phi) is 6.64. The minimum absolute atomic E-state index is 0.0221. The lowest BCUT2D eigenvalue weighted by atomic mass is 10.2. The van der Waals surface area contributed by atoms with Crippen LogP contribution in [0.25, 0.3) is 0 Å². The van der Waals surface area contributed by atoms with Gasteiger partial charge in [-0.05, 0) is 34.6 Å². The zero-order valence-electron chi connectivity index (χ0n) is 11.4. The number of nitrogens with zero attached hydrogens (tertiary/aromatic N) is 1. The summed E-state index contributed by atoms with van der Waals surface area (Å²) in [5, 5.41) is 0. The molecular weight excluding hydrogens is 236 g/mol. The average Bonchev–Trinajstić information content (AvgIpc) is 2.12. The summed E-state index contributed by atoms with van der Waals surface area (Å²) >= 11 is 4.82. The van der Waals surface area contributed by atoms with Gasteiger partial charge in [0.05, 0.1) is 10.6 Å². The third kappa shape index (κ3) is 8.10. The predicted molar refractivity (Wildman–Crippen MR) is 74.0 cm³/mol. The van der Waals surface area contributed by atoms with E-state index in [0.29, 0.717) is 18.0 Å². The van der Waals surface area contributed by atoms with Crippen molar-refractivity contribution in [3.05, 3.63) is 0 Å². The maximum absolute atomic E-state index is 12.0. The number of thiocarbonyl (C=S) groups is 1. The van der Waals surface area contributed by atoms with Crippen LogP contribution in [0.5, 0.6) is 0 Å². The van der Waals surface area contributed by atoms with Gasteiger partial charge in [0.2, 0.25) is 5.91 Å². The molecule has 0 saturated carbocycles. The van der Waals surface area contributed by atoms with Crippen molar-refractivity contribution in [2.75, 3.05) is 13.2 Å². The second-order valence-corrected chi connectivity index (χ2v) is 5.82. The highest BCUT2D eigenvalue weighted by Gasteiger charge is 2.20. The van der Waals surface area contributed by atoms with Crippen molar-refractivity contribution in [1.29, 1.82) is 0 Å². The molecule has 0 radical (unpaired) electrons. The fraction of sp³-hybridized carbons (Fsp3) is 0.833. The van der Waals surface area contributed by atoms with Crippen LogP contribution in [0, 0.1) is 0 Å². The first-order valence-corrected chi connectivity index (χ1v) is 6.26. The summed E-state index contributed by atoms with van der Waals surface area (Å²) in [5.41, 5.74) is 5.14. The number of carbonyl (C=O) groups excluding carboxylic acids is 1. The number of carbonyl (C=O) groups is 1. The topological polar surface area (TPSA) is 55.6 Å². The Morgan fingerprint density at radius 2 is 1.94 bits per heavy atom. The normalized spacial score (nSPS) is 11.6. The quantitative estimate of drug-likeness (QED) is 0.739. The van der Waals surface area contributed by atoms with Gasteiger partial charge in [0.15, 0.2) is 0 Å². The van der Waals surface area contributed by atoms with Crippen LogP contribution in [-0.4, -0.2) is 40.6 Å². The third-order valence-electron chi connectivity index (χ3n) is 2.17. The molecule has 0 atom stereocenters. The summed E-state index contributed by atoms with van der Waals surface area (Å²) in [6, 6.07) is 0.125. The van der Waals surface area contributed by atoms with E-state index in [2.05, 4.69) is 0 Å². The molecular formula is C12H24N2O2S. The Balaban J connectivity index is 4.30. The molecule has 100 valence electrons. The number of ether oxygens (including phenoxy) is 1. The molecule has 5 heteroatoms. The molecule has 0 fully saturated rings. The molecule has 1 amide bonds. The van der Waals surface area contributed by atoms with Crippen LogP contribution in [0.2, 0.25) is 0 Å². The fourth-order valence-electron chi connectivity index (χ4n) is 1.26. The highest BCUT2D eigenvalue weighted by atomic mass is 32.1. The molecule has 0 heterocycles. The molecule has 0 aromatic carbocycles. The van der Waals surface area contributed by atoms with Gasteiger partial charge in [-0.25, -0.2) is 0 Å². The standard InChI is InChI=1S/C12H24N2O2S/c1-9(2)14(7-6-10(13)17)11(15)8-16-12(3,4)5/h9H,6-8H2,1-5H3,(H2,13,17). The summed E-state index contributed by atoms with van der Waals surface area (Å²) in [5.74, 6) is -0.0221. The van der Waals surface area contributed by atoms with E-state index in [0.717, 1.165) is 0 Å². The first-order valence-electron chi connectivity index (χ1n) is 5.85. The Morgan fingerprint density at radius 1 is 1.41 bits per heavy atom. The fourth-order valence-corrected chi connectivity index (χ4v) is 1.35. The molecule has 0 bridgehead atoms. The highest BCUT2D eigenvalue weighted by Crippen LogP contribution is 2.08. The van der Waals surface area contributed by atoms with Crippen LogP contribution < -0.4 is 5.73 Å². The molecule has 0 unspecified atom stereocenters. The number of hydrogen-bond acceptors (Lipinski definition) is 3. The van der Waals surface area contributed by atoms with Crippen LogP contribution in [0.1, 0.15) is 41.0 Å². The van der Waals surface area contributed by atoms with Gasteiger partial charge >= 0.3 is 0 Å².